The molecule has 0 fully saturated rings. The number of anilines is 1. The van der Waals surface area contributed by atoms with Gasteiger partial charge in [-0.2, -0.15) is 0 Å². The summed E-state index contributed by atoms with van der Waals surface area (Å²) in [4.78, 5) is 20.6. The van der Waals surface area contributed by atoms with E-state index in [1.54, 1.807) is 0 Å². The Kier molecular flexibility index (Phi) is 4.90. The lowest BCUT2D eigenvalue weighted by atomic mass is 10.2. The summed E-state index contributed by atoms with van der Waals surface area (Å²) < 4.78 is 0. The van der Waals surface area contributed by atoms with Crippen molar-refractivity contribution in [2.24, 2.45) is 0 Å². The van der Waals surface area contributed by atoms with Gasteiger partial charge < -0.3 is 5.73 Å². The van der Waals surface area contributed by atoms with Gasteiger partial charge >= 0.3 is 0 Å². The van der Waals surface area contributed by atoms with Crippen molar-refractivity contribution in [3.05, 3.63) is 32.4 Å². The Bertz CT molecular complexity index is 478. The molecule has 7 nitrogen and oxygen atoms in total. The molecule has 0 bridgehead atoms. The lowest BCUT2D eigenvalue weighted by molar-refractivity contribution is -0.395. The maximum Gasteiger partial charge on any atom is 0.299 e. The zero-order valence-corrected chi connectivity index (χ0v) is 10.6. The Balaban J connectivity index is 3.12. The molecule has 0 heterocycles. The van der Waals surface area contributed by atoms with Crippen LogP contribution >= 0.6 is 11.8 Å². The molecule has 0 radical (unpaired) electrons. The van der Waals surface area contributed by atoms with Crippen LogP contribution < -0.4 is 5.73 Å². The van der Waals surface area contributed by atoms with Crippen LogP contribution in [0.3, 0.4) is 0 Å². The van der Waals surface area contributed by atoms with Crippen LogP contribution in [0.2, 0.25) is 0 Å². The first kappa shape index (κ1) is 14.2. The number of hydrogen-bond donors (Lipinski definition) is 1. The van der Waals surface area contributed by atoms with Crippen molar-refractivity contribution in [3.63, 3.8) is 0 Å². The van der Waals surface area contributed by atoms with Gasteiger partial charge in [0, 0.05) is 0 Å². The molecule has 0 aliphatic heterocycles. The number of nitrogens with zero attached hydrogens (tertiary/aromatic N) is 2. The maximum absolute atomic E-state index is 10.9. The van der Waals surface area contributed by atoms with Crippen molar-refractivity contribution in [2.75, 3.05) is 11.5 Å². The van der Waals surface area contributed by atoms with Crippen molar-refractivity contribution >= 4 is 28.8 Å². The van der Waals surface area contributed by atoms with E-state index < -0.39 is 15.5 Å². The first-order valence-electron chi connectivity index (χ1n) is 5.32. The molecule has 0 saturated carbocycles. The molecular weight excluding hydrogens is 258 g/mol. The number of nitrogens with two attached hydrogens (primary N) is 1. The Hall–Kier alpha value is -1.83. The van der Waals surface area contributed by atoms with Gasteiger partial charge in [-0.1, -0.05) is 13.3 Å². The van der Waals surface area contributed by atoms with E-state index in [4.69, 9.17) is 5.73 Å². The first-order chi connectivity index (χ1) is 8.47. The average Bonchev–Trinajstić information content (AvgIpc) is 2.28. The third-order valence-corrected chi connectivity index (χ3v) is 3.39. The highest BCUT2D eigenvalue weighted by atomic mass is 32.2. The second-order valence-electron chi connectivity index (χ2n) is 3.59. The fraction of sp³-hybridized carbons (Fsp3) is 0.400. The zero-order chi connectivity index (χ0) is 13.7. The molecule has 1 aromatic rings. The summed E-state index contributed by atoms with van der Waals surface area (Å²) in [7, 11) is 0. The third-order valence-electron chi connectivity index (χ3n) is 2.26. The fourth-order valence-electron chi connectivity index (χ4n) is 1.32. The highest BCUT2D eigenvalue weighted by molar-refractivity contribution is 7.99. The van der Waals surface area contributed by atoms with E-state index in [9.17, 15) is 20.2 Å². The standard InChI is InChI=1S/C10H13N3O4S/c1-2-3-4-18-10-5-7(11)8(12(14)15)6-9(10)13(16)17/h5-6H,2-4,11H2,1H3. The third kappa shape index (κ3) is 3.33. The zero-order valence-electron chi connectivity index (χ0n) is 9.79. The summed E-state index contributed by atoms with van der Waals surface area (Å²) in [5.41, 5.74) is 4.77. The summed E-state index contributed by atoms with van der Waals surface area (Å²) in [6.07, 6.45) is 1.89. The minimum atomic E-state index is -0.719. The van der Waals surface area contributed by atoms with Gasteiger partial charge in [-0.05, 0) is 18.2 Å². The molecule has 0 saturated heterocycles. The second-order valence-corrected chi connectivity index (χ2v) is 4.73. The molecular formula is C10H13N3O4S. The lowest BCUT2D eigenvalue weighted by Crippen LogP contribution is -1.99. The van der Waals surface area contributed by atoms with E-state index in [1.807, 2.05) is 6.92 Å². The van der Waals surface area contributed by atoms with Gasteiger partial charge in [0.1, 0.15) is 5.69 Å². The van der Waals surface area contributed by atoms with Gasteiger partial charge in [-0.15, -0.1) is 11.8 Å². The lowest BCUT2D eigenvalue weighted by Gasteiger charge is -2.04. The van der Waals surface area contributed by atoms with E-state index in [1.165, 1.54) is 17.8 Å². The van der Waals surface area contributed by atoms with E-state index >= 15 is 0 Å². The van der Waals surface area contributed by atoms with Gasteiger partial charge in [-0.25, -0.2) is 0 Å². The number of nitro groups is 2. The van der Waals surface area contributed by atoms with Crippen LogP contribution in [-0.4, -0.2) is 15.6 Å². The van der Waals surface area contributed by atoms with Crippen molar-refractivity contribution in [1.82, 2.24) is 0 Å². The quantitative estimate of drug-likeness (QED) is 0.280. The topological polar surface area (TPSA) is 112 Å². The molecule has 8 heteroatoms. The highest BCUT2D eigenvalue weighted by Crippen LogP contribution is 2.36. The molecule has 0 unspecified atom stereocenters. The van der Waals surface area contributed by atoms with E-state index in [2.05, 4.69) is 0 Å². The van der Waals surface area contributed by atoms with Crippen LogP contribution in [-0.2, 0) is 0 Å². The van der Waals surface area contributed by atoms with Gasteiger partial charge in [0.15, 0.2) is 0 Å². The molecule has 98 valence electrons. The summed E-state index contributed by atoms with van der Waals surface area (Å²) in [5, 5.41) is 21.5. The fourth-order valence-corrected chi connectivity index (χ4v) is 2.46. The number of hydrogen-bond acceptors (Lipinski definition) is 6. The molecule has 0 aliphatic carbocycles. The number of nitrogen functional groups attached to an aromatic ring is 1. The van der Waals surface area contributed by atoms with Gasteiger partial charge in [0.25, 0.3) is 11.4 Å². The predicted molar refractivity (Wildman–Crippen MR) is 69.8 cm³/mol. The molecule has 18 heavy (non-hydrogen) atoms. The molecule has 0 atom stereocenters. The van der Waals surface area contributed by atoms with Crippen LogP contribution in [0.15, 0.2) is 17.0 Å². The molecule has 1 rings (SSSR count). The smallest absolute Gasteiger partial charge is 0.299 e. The number of benzene rings is 1. The number of thioether (sulfide) groups is 1. The molecule has 0 spiro atoms. The van der Waals surface area contributed by atoms with Crippen LogP contribution in [0, 0.1) is 20.2 Å². The Morgan fingerprint density at radius 2 is 1.83 bits per heavy atom. The van der Waals surface area contributed by atoms with Gasteiger partial charge in [-0.3, -0.25) is 20.2 Å². The minimum absolute atomic E-state index is 0.0513. The molecule has 0 amide bonds. The van der Waals surface area contributed by atoms with Crippen LogP contribution in [0.5, 0.6) is 0 Å². The second kappa shape index (κ2) is 6.20. The van der Waals surface area contributed by atoms with E-state index in [0.29, 0.717) is 10.6 Å². The van der Waals surface area contributed by atoms with Crippen LogP contribution in [0.1, 0.15) is 19.8 Å². The van der Waals surface area contributed by atoms with Crippen LogP contribution in [0.25, 0.3) is 0 Å². The van der Waals surface area contributed by atoms with Gasteiger partial charge in [0.2, 0.25) is 0 Å². The summed E-state index contributed by atoms with van der Waals surface area (Å²) in [5.74, 6) is 0.717. The summed E-state index contributed by atoms with van der Waals surface area (Å²) in [6, 6.07) is 2.22. The monoisotopic (exact) mass is 271 g/mol. The van der Waals surface area contributed by atoms with Crippen LogP contribution in [0.4, 0.5) is 17.1 Å². The van der Waals surface area contributed by atoms with Crippen molar-refractivity contribution in [2.45, 2.75) is 24.7 Å². The molecule has 0 aliphatic rings. The SMILES string of the molecule is CCCCSc1cc(N)c([N+](=O)[O-])cc1[N+](=O)[O-]. The Morgan fingerprint density at radius 3 is 2.33 bits per heavy atom. The average molecular weight is 271 g/mol. The minimum Gasteiger partial charge on any atom is -0.393 e. The first-order valence-corrected chi connectivity index (χ1v) is 6.31. The summed E-state index contributed by atoms with van der Waals surface area (Å²) >= 11 is 1.29. The molecule has 1 aromatic carbocycles. The van der Waals surface area contributed by atoms with Gasteiger partial charge in [0.05, 0.1) is 20.8 Å². The largest absolute Gasteiger partial charge is 0.393 e. The normalized spacial score (nSPS) is 10.3. The van der Waals surface area contributed by atoms with Crippen molar-refractivity contribution < 1.29 is 9.85 Å². The highest BCUT2D eigenvalue weighted by Gasteiger charge is 2.23. The predicted octanol–water partition coefficient (Wildman–Crippen LogP) is 2.98. The van der Waals surface area contributed by atoms with Crippen molar-refractivity contribution in [3.8, 4) is 0 Å². The molecule has 2 N–H and O–H groups in total. The van der Waals surface area contributed by atoms with Crippen molar-refractivity contribution in [1.29, 1.82) is 0 Å². The number of nitro benzene ring substituents is 2. The summed E-state index contributed by atoms with van der Waals surface area (Å²) in [6.45, 7) is 2.01. The number of unbranched alkanes of at least 4 members (excludes halogenated alkanes) is 1. The Morgan fingerprint density at radius 1 is 1.22 bits per heavy atom. The number of rotatable bonds is 6. The van der Waals surface area contributed by atoms with E-state index in [-0.39, 0.29) is 11.4 Å². The Labute approximate surface area is 108 Å². The maximum atomic E-state index is 10.9. The molecule has 0 aromatic heterocycles. The van der Waals surface area contributed by atoms with E-state index in [0.717, 1.165) is 18.9 Å².